The van der Waals surface area contributed by atoms with Gasteiger partial charge in [0.25, 0.3) is 0 Å². The molecular formula is C90H126F2N8O28. The Kier molecular flexibility index (Phi) is 36.7. The van der Waals surface area contributed by atoms with Crippen LogP contribution in [0, 0.1) is 53.2 Å². The quantitative estimate of drug-likeness (QED) is 0.0259. The van der Waals surface area contributed by atoms with Crippen molar-refractivity contribution in [1.82, 2.24) is 39.1 Å². The van der Waals surface area contributed by atoms with Crippen LogP contribution in [0.25, 0.3) is 0 Å². The molecule has 8 aromatic rings. The molecule has 708 valence electrons. The van der Waals surface area contributed by atoms with E-state index in [9.17, 15) is 89.9 Å². The summed E-state index contributed by atoms with van der Waals surface area (Å²) in [5.41, 5.74) is 13.6. The molecule has 0 bridgehead atoms. The summed E-state index contributed by atoms with van der Waals surface area (Å²) >= 11 is 0. The summed E-state index contributed by atoms with van der Waals surface area (Å²) in [5, 5.41) is 160. The van der Waals surface area contributed by atoms with Crippen molar-refractivity contribution in [3.63, 3.8) is 0 Å². The summed E-state index contributed by atoms with van der Waals surface area (Å²) < 4.78 is 99.5. The van der Waals surface area contributed by atoms with Crippen LogP contribution >= 0.6 is 0 Å². The van der Waals surface area contributed by atoms with Crippen molar-refractivity contribution in [3.05, 3.63) is 186 Å². The first kappa shape index (κ1) is 102. The highest BCUT2D eigenvalue weighted by Gasteiger charge is 2.50. The maximum absolute atomic E-state index is 14.1. The number of carbonyl (C=O) groups is 2. The molecule has 4 aliphatic heterocycles. The standard InChI is InChI=1S/C24H34N2O8.C23H31FN2O8.C22H32N2O6.C21H29FN2O6/c1-6-15-7-9-16(10-8-15)11-17-14(4)26(13(2)3)25-22(17)34-23-21(29)20(28)19(27)18(33-23)12-32-24(30)31-5;1-11(2)26-13(4)15(8-14-7-6-12(3)16(24)9-14)21(25-26)34-22-20(29)19(28)18(27)17(33-22)10-32-23(30)31-5;1-5-14-6-8-15(9-7-14)10-16-13(4)24(12(2)3)23-21(16)30-22-20(28)19(27)18(26)17(11-25)29-22;1-10(2)24-12(4)14(7-13-6-5-11(3)15(22)8-13)20(23-24)30-21-19(28)18(27)17(26)16(9-25)29-21/h7-10,13,18-21,23,27-29H,6,11-12H2,1-5H3;6-7,9,11,17-20,22,27-29H,8,10H2,1-5H3;6-9,12,17-20,22,25-28H,5,10-11H2,1-4H3;5-6,8,10,16-19,21,25-28H,7,9H2,1-4H3/t18-,19-,20+,21-,23+;2*17-,18-,19+,20-,22+;16-,17-,18+,19-,21+/m1111/s1. The van der Waals surface area contributed by atoms with Gasteiger partial charge in [-0.05, 0) is 166 Å². The van der Waals surface area contributed by atoms with Crippen LogP contribution in [0.15, 0.2) is 84.9 Å². The van der Waals surface area contributed by atoms with Crippen LogP contribution in [-0.4, -0.2) is 286 Å². The van der Waals surface area contributed by atoms with E-state index < -0.39 is 162 Å². The van der Waals surface area contributed by atoms with Crippen LogP contribution < -0.4 is 18.9 Å². The third-order valence-electron chi connectivity index (χ3n) is 22.8. The van der Waals surface area contributed by atoms with Crippen LogP contribution in [0.5, 0.6) is 23.5 Å². The number of hydrogen-bond donors (Lipinski definition) is 14. The van der Waals surface area contributed by atoms with E-state index in [-0.39, 0.29) is 53.4 Å². The lowest BCUT2D eigenvalue weighted by atomic mass is 9.99. The van der Waals surface area contributed by atoms with Crippen LogP contribution in [0.4, 0.5) is 18.4 Å². The number of benzene rings is 4. The van der Waals surface area contributed by atoms with E-state index in [2.05, 4.69) is 92.2 Å². The van der Waals surface area contributed by atoms with Gasteiger partial charge in [0.2, 0.25) is 48.7 Å². The molecule has 4 fully saturated rings. The van der Waals surface area contributed by atoms with Gasteiger partial charge in [0.1, 0.15) is 123 Å². The SMILES string of the molecule is CCc1ccc(Cc2c(O[C@@H]3O[C@H](CO)[C@@H](O)[C@H](O)[C@H]3O)nn(C(C)C)c2C)cc1.CCc1ccc(Cc2c(O[C@@H]3O[C@H](COC(=O)OC)[C@@H](O)[C@H](O)[C@H]3O)nn(C(C)C)c2C)cc1.COC(=O)OC[C@H]1O[C@@H](Oc2nn(C(C)C)c(C)c2Cc2ccc(C)c(F)c2)[C@H](O)[C@@H](O)[C@@H]1O.Cc1ccc(Cc2c(O[C@@H]3O[C@H](CO)[C@@H](O)[C@H](O)[C@H]3O)nn(C(C)C)c2C)cc1F. The van der Waals surface area contributed by atoms with Crippen LogP contribution in [0.2, 0.25) is 0 Å². The Labute approximate surface area is 741 Å². The van der Waals surface area contributed by atoms with E-state index >= 15 is 0 Å². The minimum atomic E-state index is -1.63. The number of aryl methyl sites for hydroxylation is 4. The summed E-state index contributed by atoms with van der Waals surface area (Å²) in [5.74, 6) is 0.221. The molecular weight excluding hydrogens is 1680 g/mol. The summed E-state index contributed by atoms with van der Waals surface area (Å²) in [4.78, 5) is 22.6. The molecule has 36 nitrogen and oxygen atoms in total. The highest BCUT2D eigenvalue weighted by atomic mass is 19.1. The van der Waals surface area contributed by atoms with Gasteiger partial charge < -0.3 is 128 Å². The first-order valence-electron chi connectivity index (χ1n) is 42.6. The zero-order valence-electron chi connectivity index (χ0n) is 75.3. The molecule has 20 atom stereocenters. The minimum Gasteiger partial charge on any atom is -0.443 e. The Hall–Kier alpha value is -9.40. The van der Waals surface area contributed by atoms with Crippen molar-refractivity contribution >= 4 is 12.3 Å². The number of aliphatic hydroxyl groups is 14. The molecule has 4 aliphatic rings. The molecule has 0 unspecified atom stereocenters. The van der Waals surface area contributed by atoms with Crippen molar-refractivity contribution < 1.29 is 147 Å². The van der Waals surface area contributed by atoms with E-state index in [4.69, 9.17) is 47.4 Å². The second kappa shape index (κ2) is 45.9. The lowest BCUT2D eigenvalue weighted by molar-refractivity contribution is -0.278. The summed E-state index contributed by atoms with van der Waals surface area (Å²) in [7, 11) is 2.27. The minimum absolute atomic E-state index is 0.0170. The third kappa shape index (κ3) is 24.8. The molecule has 8 heterocycles. The molecule has 128 heavy (non-hydrogen) atoms. The molecule has 0 spiro atoms. The Morgan fingerprint density at radius 3 is 0.805 bits per heavy atom. The first-order valence-corrected chi connectivity index (χ1v) is 42.6. The Bertz CT molecular complexity index is 4890. The summed E-state index contributed by atoms with van der Waals surface area (Å²) in [6.45, 7) is 29.1. The number of halogens is 2. The van der Waals surface area contributed by atoms with Gasteiger partial charge in [-0.2, -0.15) is 0 Å². The predicted molar refractivity (Wildman–Crippen MR) is 455 cm³/mol. The number of carbonyl (C=O) groups excluding carboxylic acids is 2. The monoisotopic (exact) mass is 1800 g/mol. The van der Waals surface area contributed by atoms with Gasteiger partial charge in [-0.25, -0.2) is 18.4 Å². The van der Waals surface area contributed by atoms with Crippen molar-refractivity contribution in [2.24, 2.45) is 0 Å². The van der Waals surface area contributed by atoms with E-state index in [0.717, 1.165) is 77.7 Å². The maximum atomic E-state index is 14.1. The first-order chi connectivity index (χ1) is 60.6. The average Bonchev–Trinajstić information content (AvgIpc) is 1.28. The zero-order chi connectivity index (χ0) is 94.3. The van der Waals surface area contributed by atoms with Gasteiger partial charge in [-0.1, -0.05) is 86.6 Å². The largest absolute Gasteiger partial charge is 0.508 e. The second-order valence-corrected chi connectivity index (χ2v) is 33.3. The van der Waals surface area contributed by atoms with E-state index in [1.807, 2.05) is 98.5 Å². The fourth-order valence-electron chi connectivity index (χ4n) is 14.9. The number of nitrogens with zero attached hydrogens (tertiary/aromatic N) is 8. The van der Waals surface area contributed by atoms with Gasteiger partial charge in [0, 0.05) is 94.9 Å². The number of aromatic nitrogens is 8. The molecule has 4 saturated heterocycles. The van der Waals surface area contributed by atoms with Crippen molar-refractivity contribution in [1.29, 1.82) is 0 Å². The molecule has 0 radical (unpaired) electrons. The van der Waals surface area contributed by atoms with Crippen LogP contribution in [0.3, 0.4) is 0 Å². The molecule has 12 rings (SSSR count). The topological polar surface area (TPSA) is 499 Å². The average molecular weight is 1810 g/mol. The van der Waals surface area contributed by atoms with Crippen LogP contribution in [0.1, 0.15) is 183 Å². The van der Waals surface area contributed by atoms with Gasteiger partial charge in [-0.15, -0.1) is 20.4 Å². The molecule has 0 amide bonds. The Balaban J connectivity index is 0.000000193. The third-order valence-corrected chi connectivity index (χ3v) is 22.8. The maximum Gasteiger partial charge on any atom is 0.508 e. The summed E-state index contributed by atoms with van der Waals surface area (Å²) in [6, 6.07) is 26.7. The highest BCUT2D eigenvalue weighted by Crippen LogP contribution is 2.38. The number of ether oxygens (including phenoxy) is 12. The zero-order valence-corrected chi connectivity index (χ0v) is 75.3. The van der Waals surface area contributed by atoms with E-state index in [1.165, 1.54) is 23.3 Å². The van der Waals surface area contributed by atoms with E-state index in [0.29, 0.717) is 59.4 Å². The smallest absolute Gasteiger partial charge is 0.443 e. The number of rotatable bonds is 28. The molecule has 4 aromatic carbocycles. The molecule has 38 heteroatoms. The number of aliphatic hydroxyl groups excluding tert-OH is 14. The molecule has 0 saturated carbocycles. The Morgan fingerprint density at radius 2 is 0.578 bits per heavy atom. The second-order valence-electron chi connectivity index (χ2n) is 33.3. The number of hydrogen-bond acceptors (Lipinski definition) is 32. The van der Waals surface area contributed by atoms with Crippen molar-refractivity contribution in [2.75, 3.05) is 40.6 Å². The molecule has 14 N–H and O–H groups in total. The highest BCUT2D eigenvalue weighted by molar-refractivity contribution is 5.60. The lowest BCUT2D eigenvalue weighted by Gasteiger charge is -2.39. The van der Waals surface area contributed by atoms with Crippen LogP contribution in [-0.2, 0) is 76.4 Å². The summed E-state index contributed by atoms with van der Waals surface area (Å²) in [6.07, 6.45) is -26.5. The van der Waals surface area contributed by atoms with Gasteiger partial charge in [0.05, 0.1) is 27.4 Å². The van der Waals surface area contributed by atoms with Gasteiger partial charge >= 0.3 is 12.3 Å². The molecule has 4 aromatic heterocycles. The predicted octanol–water partition coefficient (Wildman–Crippen LogP) is 5.77. The fourth-order valence-corrected chi connectivity index (χ4v) is 14.9. The van der Waals surface area contributed by atoms with Crippen molar-refractivity contribution in [3.8, 4) is 23.5 Å². The van der Waals surface area contributed by atoms with Crippen molar-refractivity contribution in [2.45, 2.75) is 296 Å². The fraction of sp³-hybridized carbons (Fsp3) is 0.578. The van der Waals surface area contributed by atoms with E-state index in [1.54, 1.807) is 41.4 Å². The van der Waals surface area contributed by atoms with Gasteiger partial charge in [0.15, 0.2) is 0 Å². The molecule has 0 aliphatic carbocycles. The van der Waals surface area contributed by atoms with Gasteiger partial charge in [-0.3, -0.25) is 18.7 Å². The number of methoxy groups -OCH3 is 2. The lowest BCUT2D eigenvalue weighted by Crippen LogP contribution is -2.60. The normalized spacial score (nSPS) is 25.8. The Morgan fingerprint density at radius 1 is 0.352 bits per heavy atom.